The fourth-order valence-corrected chi connectivity index (χ4v) is 2.70. The van der Waals surface area contributed by atoms with Crippen LogP contribution in [0.15, 0.2) is 23.4 Å². The van der Waals surface area contributed by atoms with Crippen molar-refractivity contribution in [2.24, 2.45) is 5.73 Å². The summed E-state index contributed by atoms with van der Waals surface area (Å²) in [7, 11) is -3.75. The van der Waals surface area contributed by atoms with Gasteiger partial charge in [0, 0.05) is 12.0 Å². The van der Waals surface area contributed by atoms with E-state index in [1.165, 1.54) is 13.8 Å². The quantitative estimate of drug-likeness (QED) is 0.834. The van der Waals surface area contributed by atoms with Crippen LogP contribution in [0.3, 0.4) is 0 Å². The van der Waals surface area contributed by atoms with Crippen LogP contribution in [-0.2, 0) is 9.84 Å². The monoisotopic (exact) mass is 295 g/mol. The standard InChI is InChI=1S/C13H17N3O3S/c1-4-11(17)8-5-6-9-10(7-8)16-12(15-9)20(18,19)13(2,3)14/h5-7H,4,14H2,1-3H3,(H,15,16). The van der Waals surface area contributed by atoms with Crippen LogP contribution in [0.4, 0.5) is 0 Å². The number of fused-ring (bicyclic) bond motifs is 1. The number of Topliss-reactive ketones (excluding diaryl/α,β-unsaturated/α-hetero) is 1. The first-order valence-corrected chi connectivity index (χ1v) is 7.71. The Kier molecular flexibility index (Phi) is 3.43. The highest BCUT2D eigenvalue weighted by atomic mass is 32.2. The van der Waals surface area contributed by atoms with E-state index >= 15 is 0 Å². The van der Waals surface area contributed by atoms with Gasteiger partial charge in [-0.25, -0.2) is 13.4 Å². The van der Waals surface area contributed by atoms with Crippen molar-refractivity contribution >= 4 is 26.7 Å². The Morgan fingerprint density at radius 2 is 2.05 bits per heavy atom. The molecule has 1 aromatic carbocycles. The van der Waals surface area contributed by atoms with Gasteiger partial charge >= 0.3 is 0 Å². The maximum Gasteiger partial charge on any atom is 0.229 e. The van der Waals surface area contributed by atoms with Gasteiger partial charge in [-0.1, -0.05) is 6.92 Å². The zero-order valence-corrected chi connectivity index (χ0v) is 12.4. The van der Waals surface area contributed by atoms with Crippen LogP contribution in [0, 0.1) is 0 Å². The van der Waals surface area contributed by atoms with Crippen molar-refractivity contribution in [3.05, 3.63) is 23.8 Å². The summed E-state index contributed by atoms with van der Waals surface area (Å²) in [4.78, 5) is 17.0. The maximum absolute atomic E-state index is 12.2. The van der Waals surface area contributed by atoms with Crippen molar-refractivity contribution in [2.45, 2.75) is 37.2 Å². The van der Waals surface area contributed by atoms with Gasteiger partial charge in [-0.05, 0) is 32.0 Å². The lowest BCUT2D eigenvalue weighted by molar-refractivity contribution is 0.0988. The molecule has 2 rings (SSSR count). The second-order valence-corrected chi connectivity index (χ2v) is 7.60. The number of carbonyl (C=O) groups excluding carboxylic acids is 1. The minimum absolute atomic E-state index is 0.00920. The number of imidazole rings is 1. The zero-order chi connectivity index (χ0) is 15.1. The van der Waals surface area contributed by atoms with Gasteiger partial charge < -0.3 is 10.7 Å². The molecule has 0 fully saturated rings. The van der Waals surface area contributed by atoms with E-state index < -0.39 is 14.7 Å². The van der Waals surface area contributed by atoms with Gasteiger partial charge in [-0.3, -0.25) is 4.79 Å². The molecule has 0 amide bonds. The molecular weight excluding hydrogens is 278 g/mol. The molecule has 0 radical (unpaired) electrons. The number of hydrogen-bond acceptors (Lipinski definition) is 5. The van der Waals surface area contributed by atoms with Crippen molar-refractivity contribution in [3.8, 4) is 0 Å². The lowest BCUT2D eigenvalue weighted by atomic mass is 10.1. The molecule has 6 nitrogen and oxygen atoms in total. The molecule has 0 atom stereocenters. The van der Waals surface area contributed by atoms with E-state index in [0.29, 0.717) is 23.0 Å². The fraction of sp³-hybridized carbons (Fsp3) is 0.385. The van der Waals surface area contributed by atoms with Gasteiger partial charge in [0.05, 0.1) is 11.0 Å². The first-order chi connectivity index (χ1) is 9.16. The summed E-state index contributed by atoms with van der Waals surface area (Å²) < 4.78 is 24.4. The summed E-state index contributed by atoms with van der Waals surface area (Å²) in [5, 5.41) is -0.180. The van der Waals surface area contributed by atoms with E-state index in [1.807, 2.05) is 0 Å². The normalized spacial score (nSPS) is 12.8. The van der Waals surface area contributed by atoms with Crippen LogP contribution >= 0.6 is 0 Å². The third kappa shape index (κ3) is 2.34. The van der Waals surface area contributed by atoms with Crippen molar-refractivity contribution in [1.29, 1.82) is 0 Å². The summed E-state index contributed by atoms with van der Waals surface area (Å²) in [6.45, 7) is 4.58. The Bertz CT molecular complexity index is 770. The highest BCUT2D eigenvalue weighted by Gasteiger charge is 2.34. The Morgan fingerprint density at radius 3 is 2.60 bits per heavy atom. The van der Waals surface area contributed by atoms with Crippen molar-refractivity contribution in [2.75, 3.05) is 0 Å². The number of nitrogens with two attached hydrogens (primary N) is 1. The Hall–Kier alpha value is -1.73. The van der Waals surface area contributed by atoms with Gasteiger partial charge in [0.2, 0.25) is 15.0 Å². The summed E-state index contributed by atoms with van der Waals surface area (Å²) in [6.07, 6.45) is 0.390. The first kappa shape index (κ1) is 14.7. The third-order valence-electron chi connectivity index (χ3n) is 3.05. The van der Waals surface area contributed by atoms with Crippen molar-refractivity contribution in [1.82, 2.24) is 9.97 Å². The third-order valence-corrected chi connectivity index (χ3v) is 5.14. The van der Waals surface area contributed by atoms with Crippen molar-refractivity contribution < 1.29 is 13.2 Å². The lowest BCUT2D eigenvalue weighted by Gasteiger charge is -2.16. The number of nitrogens with zero attached hydrogens (tertiary/aromatic N) is 1. The largest absolute Gasteiger partial charge is 0.329 e. The highest BCUT2D eigenvalue weighted by molar-refractivity contribution is 7.92. The Balaban J connectivity index is 2.58. The number of aromatic nitrogens is 2. The maximum atomic E-state index is 12.2. The topological polar surface area (TPSA) is 106 Å². The molecular formula is C13H17N3O3S. The number of aromatic amines is 1. The summed E-state index contributed by atoms with van der Waals surface area (Å²) in [5.74, 6) is -0.00920. The van der Waals surface area contributed by atoms with Gasteiger partial charge in [0.1, 0.15) is 4.87 Å². The van der Waals surface area contributed by atoms with E-state index in [9.17, 15) is 13.2 Å². The molecule has 1 aromatic heterocycles. The molecule has 0 aliphatic heterocycles. The summed E-state index contributed by atoms with van der Waals surface area (Å²) in [5.41, 5.74) is 7.19. The van der Waals surface area contributed by atoms with Crippen LogP contribution in [0.1, 0.15) is 37.6 Å². The molecule has 20 heavy (non-hydrogen) atoms. The molecule has 0 saturated carbocycles. The number of H-pyrrole nitrogens is 1. The summed E-state index contributed by atoms with van der Waals surface area (Å²) in [6, 6.07) is 4.87. The number of carbonyl (C=O) groups is 1. The highest BCUT2D eigenvalue weighted by Crippen LogP contribution is 2.22. The molecule has 0 unspecified atom stereocenters. The molecule has 0 saturated heterocycles. The van der Waals surface area contributed by atoms with E-state index in [2.05, 4.69) is 9.97 Å². The van der Waals surface area contributed by atoms with Crippen LogP contribution < -0.4 is 5.73 Å². The Morgan fingerprint density at radius 1 is 1.40 bits per heavy atom. The van der Waals surface area contributed by atoms with E-state index in [1.54, 1.807) is 25.1 Å². The lowest BCUT2D eigenvalue weighted by Crippen LogP contribution is -2.41. The Labute approximate surface area is 117 Å². The van der Waals surface area contributed by atoms with E-state index in [4.69, 9.17) is 5.73 Å². The number of benzene rings is 1. The number of hydrogen-bond donors (Lipinski definition) is 2. The molecule has 108 valence electrons. The molecule has 0 bridgehead atoms. The molecule has 0 aliphatic rings. The van der Waals surface area contributed by atoms with Gasteiger partial charge in [0.25, 0.3) is 0 Å². The van der Waals surface area contributed by atoms with Crippen molar-refractivity contribution in [3.63, 3.8) is 0 Å². The van der Waals surface area contributed by atoms with Gasteiger partial charge in [-0.2, -0.15) is 0 Å². The molecule has 0 aliphatic carbocycles. The number of sulfone groups is 1. The second-order valence-electron chi connectivity index (χ2n) is 5.16. The second kappa shape index (κ2) is 4.68. The smallest absolute Gasteiger partial charge is 0.229 e. The number of rotatable bonds is 4. The molecule has 2 aromatic rings. The number of ketones is 1. The minimum atomic E-state index is -3.75. The molecule has 7 heteroatoms. The first-order valence-electron chi connectivity index (χ1n) is 6.23. The predicted molar refractivity (Wildman–Crippen MR) is 76.2 cm³/mol. The van der Waals surface area contributed by atoms with Crippen LogP contribution in [0.2, 0.25) is 0 Å². The van der Waals surface area contributed by atoms with Crippen LogP contribution in [0.25, 0.3) is 11.0 Å². The van der Waals surface area contributed by atoms with E-state index in [-0.39, 0.29) is 10.9 Å². The van der Waals surface area contributed by atoms with Crippen LogP contribution in [0.5, 0.6) is 0 Å². The minimum Gasteiger partial charge on any atom is -0.329 e. The van der Waals surface area contributed by atoms with Crippen LogP contribution in [-0.4, -0.2) is 29.0 Å². The average Bonchev–Trinajstić information content (AvgIpc) is 2.79. The molecule has 3 N–H and O–H groups in total. The molecule has 1 heterocycles. The molecule has 0 spiro atoms. The van der Waals surface area contributed by atoms with Gasteiger partial charge in [0.15, 0.2) is 5.78 Å². The fourth-order valence-electron chi connectivity index (χ4n) is 1.74. The SMILES string of the molecule is CCC(=O)c1ccc2nc(S(=O)(=O)C(C)(C)N)[nH]c2c1. The zero-order valence-electron chi connectivity index (χ0n) is 11.6. The summed E-state index contributed by atoms with van der Waals surface area (Å²) >= 11 is 0. The predicted octanol–water partition coefficient (Wildman–Crippen LogP) is 1.62. The number of nitrogens with one attached hydrogen (secondary N) is 1. The van der Waals surface area contributed by atoms with Gasteiger partial charge in [-0.15, -0.1) is 0 Å². The van der Waals surface area contributed by atoms with E-state index in [0.717, 1.165) is 0 Å². The average molecular weight is 295 g/mol.